The predicted octanol–water partition coefficient (Wildman–Crippen LogP) is 2.68. The van der Waals surface area contributed by atoms with Gasteiger partial charge in [0.05, 0.1) is 24.4 Å². The van der Waals surface area contributed by atoms with Crippen molar-refractivity contribution >= 4 is 17.3 Å². The van der Waals surface area contributed by atoms with E-state index in [2.05, 4.69) is 16.4 Å². The van der Waals surface area contributed by atoms with Crippen molar-refractivity contribution in [3.8, 4) is 6.07 Å². The van der Waals surface area contributed by atoms with E-state index in [0.29, 0.717) is 12.2 Å². The number of para-hydroxylation sites is 1. The van der Waals surface area contributed by atoms with Gasteiger partial charge in [0.25, 0.3) is 5.91 Å². The minimum atomic E-state index is -0.209. The summed E-state index contributed by atoms with van der Waals surface area (Å²) in [5.74, 6) is -0.209. The summed E-state index contributed by atoms with van der Waals surface area (Å²) in [4.78, 5) is 18.3. The molecule has 1 amide bonds. The molecule has 2 aromatic rings. The van der Waals surface area contributed by atoms with Gasteiger partial charge in [0, 0.05) is 19.3 Å². The molecule has 5 nitrogen and oxygen atoms in total. The molecule has 0 aliphatic rings. The summed E-state index contributed by atoms with van der Waals surface area (Å²) < 4.78 is 0. The molecule has 1 aromatic heterocycles. The van der Waals surface area contributed by atoms with E-state index in [0.717, 1.165) is 11.4 Å². The van der Waals surface area contributed by atoms with Crippen LogP contribution in [0.3, 0.4) is 0 Å². The molecular weight excluding hydrogens is 264 g/mol. The van der Waals surface area contributed by atoms with Gasteiger partial charge >= 0.3 is 0 Å². The van der Waals surface area contributed by atoms with Crippen LogP contribution in [0.15, 0.2) is 48.7 Å². The number of nitrogens with one attached hydrogen (secondary N) is 1. The first-order valence-electron chi connectivity index (χ1n) is 6.64. The normalized spacial score (nSPS) is 9.71. The average Bonchev–Trinajstić information content (AvgIpc) is 2.56. The Morgan fingerprint density at radius 3 is 2.62 bits per heavy atom. The number of amides is 1. The molecule has 0 aliphatic carbocycles. The zero-order chi connectivity index (χ0) is 15.1. The quantitative estimate of drug-likeness (QED) is 0.914. The van der Waals surface area contributed by atoms with Gasteiger partial charge in [0.1, 0.15) is 5.69 Å². The standard InChI is InChI=1S/C16H16N4O/c1-18-13-8-9-15(19-12-13)16(21)20(11-5-10-17)14-6-3-2-4-7-14/h2-4,6-9,12,18H,5,11H2,1H3. The number of anilines is 2. The van der Waals surface area contributed by atoms with Crippen molar-refractivity contribution in [1.29, 1.82) is 5.26 Å². The van der Waals surface area contributed by atoms with Crippen molar-refractivity contribution < 1.29 is 4.79 Å². The largest absolute Gasteiger partial charge is 0.387 e. The highest BCUT2D eigenvalue weighted by Crippen LogP contribution is 2.17. The summed E-state index contributed by atoms with van der Waals surface area (Å²) in [6.45, 7) is 0.342. The first kappa shape index (κ1) is 14.5. The van der Waals surface area contributed by atoms with Crippen LogP contribution in [-0.4, -0.2) is 24.5 Å². The second-order valence-electron chi connectivity index (χ2n) is 4.38. The van der Waals surface area contributed by atoms with E-state index in [1.165, 1.54) is 0 Å². The first-order valence-corrected chi connectivity index (χ1v) is 6.64. The Kier molecular flexibility index (Phi) is 4.89. The molecule has 0 saturated carbocycles. The highest BCUT2D eigenvalue weighted by atomic mass is 16.2. The summed E-state index contributed by atoms with van der Waals surface area (Å²) in [7, 11) is 1.79. The SMILES string of the molecule is CNc1ccc(C(=O)N(CCC#N)c2ccccc2)nc1. The molecule has 1 N–H and O–H groups in total. The lowest BCUT2D eigenvalue weighted by Gasteiger charge is -2.21. The summed E-state index contributed by atoms with van der Waals surface area (Å²) >= 11 is 0. The van der Waals surface area contributed by atoms with E-state index in [4.69, 9.17) is 5.26 Å². The van der Waals surface area contributed by atoms with Gasteiger partial charge in [-0.15, -0.1) is 0 Å². The number of aromatic nitrogens is 1. The van der Waals surface area contributed by atoms with Crippen molar-refractivity contribution in [2.24, 2.45) is 0 Å². The van der Waals surface area contributed by atoms with E-state index in [9.17, 15) is 4.79 Å². The Bertz CT molecular complexity index is 632. The highest BCUT2D eigenvalue weighted by Gasteiger charge is 2.18. The molecule has 0 atom stereocenters. The zero-order valence-electron chi connectivity index (χ0n) is 11.8. The number of carbonyl (C=O) groups is 1. The van der Waals surface area contributed by atoms with Crippen LogP contribution in [0.2, 0.25) is 0 Å². The third kappa shape index (κ3) is 3.57. The van der Waals surface area contributed by atoms with Crippen molar-refractivity contribution in [1.82, 2.24) is 4.98 Å². The van der Waals surface area contributed by atoms with Gasteiger partial charge in [-0.05, 0) is 24.3 Å². The second-order valence-corrected chi connectivity index (χ2v) is 4.38. The van der Waals surface area contributed by atoms with E-state index in [-0.39, 0.29) is 12.3 Å². The van der Waals surface area contributed by atoms with Crippen LogP contribution >= 0.6 is 0 Å². The number of rotatable bonds is 5. The van der Waals surface area contributed by atoms with Crippen LogP contribution in [0.4, 0.5) is 11.4 Å². The minimum absolute atomic E-state index is 0.209. The maximum Gasteiger partial charge on any atom is 0.276 e. The summed E-state index contributed by atoms with van der Waals surface area (Å²) in [6, 6.07) is 14.8. The molecule has 0 saturated heterocycles. The number of pyridine rings is 1. The minimum Gasteiger partial charge on any atom is -0.387 e. The second kappa shape index (κ2) is 7.06. The van der Waals surface area contributed by atoms with Gasteiger partial charge in [0.2, 0.25) is 0 Å². The van der Waals surface area contributed by atoms with Crippen LogP contribution in [0, 0.1) is 11.3 Å². The highest BCUT2D eigenvalue weighted by molar-refractivity contribution is 6.04. The lowest BCUT2D eigenvalue weighted by molar-refractivity contribution is 0.0983. The van der Waals surface area contributed by atoms with Crippen molar-refractivity contribution in [3.05, 3.63) is 54.4 Å². The molecule has 2 rings (SSSR count). The third-order valence-corrected chi connectivity index (χ3v) is 3.03. The van der Waals surface area contributed by atoms with E-state index in [1.807, 2.05) is 30.3 Å². The summed E-state index contributed by atoms with van der Waals surface area (Å²) in [6.07, 6.45) is 1.88. The van der Waals surface area contributed by atoms with Crippen LogP contribution in [0.1, 0.15) is 16.9 Å². The molecule has 1 aromatic carbocycles. The smallest absolute Gasteiger partial charge is 0.276 e. The van der Waals surface area contributed by atoms with Gasteiger partial charge in [0.15, 0.2) is 0 Å². The van der Waals surface area contributed by atoms with Crippen molar-refractivity contribution in [3.63, 3.8) is 0 Å². The molecule has 0 fully saturated rings. The number of nitrogens with zero attached hydrogens (tertiary/aromatic N) is 3. The maximum absolute atomic E-state index is 12.6. The maximum atomic E-state index is 12.6. The van der Waals surface area contributed by atoms with Crippen LogP contribution in [0.5, 0.6) is 0 Å². The Morgan fingerprint density at radius 1 is 1.29 bits per heavy atom. The molecule has 106 valence electrons. The number of carbonyl (C=O) groups excluding carboxylic acids is 1. The zero-order valence-corrected chi connectivity index (χ0v) is 11.8. The van der Waals surface area contributed by atoms with Crippen LogP contribution in [0.25, 0.3) is 0 Å². The summed E-state index contributed by atoms with van der Waals surface area (Å²) in [5.41, 5.74) is 1.96. The number of nitriles is 1. The van der Waals surface area contributed by atoms with E-state index >= 15 is 0 Å². The fraction of sp³-hybridized carbons (Fsp3) is 0.188. The molecule has 5 heteroatoms. The molecule has 0 spiro atoms. The van der Waals surface area contributed by atoms with Crippen molar-refractivity contribution in [2.45, 2.75) is 6.42 Å². The number of hydrogen-bond donors (Lipinski definition) is 1. The topological polar surface area (TPSA) is 69.0 Å². The van der Waals surface area contributed by atoms with Crippen LogP contribution in [-0.2, 0) is 0 Å². The fourth-order valence-electron chi connectivity index (χ4n) is 1.92. The Labute approximate surface area is 123 Å². The van der Waals surface area contributed by atoms with Gasteiger partial charge in [-0.25, -0.2) is 4.98 Å². The van der Waals surface area contributed by atoms with Gasteiger partial charge < -0.3 is 10.2 Å². The summed E-state index contributed by atoms with van der Waals surface area (Å²) in [5, 5.41) is 11.7. The van der Waals surface area contributed by atoms with Gasteiger partial charge in [-0.2, -0.15) is 5.26 Å². The molecular formula is C16H16N4O. The lowest BCUT2D eigenvalue weighted by atomic mass is 10.2. The van der Waals surface area contributed by atoms with Crippen LogP contribution < -0.4 is 10.2 Å². The number of hydrogen-bond acceptors (Lipinski definition) is 4. The Hall–Kier alpha value is -2.87. The van der Waals surface area contributed by atoms with E-state index in [1.54, 1.807) is 30.3 Å². The fourth-order valence-corrected chi connectivity index (χ4v) is 1.92. The molecule has 21 heavy (non-hydrogen) atoms. The van der Waals surface area contributed by atoms with E-state index < -0.39 is 0 Å². The molecule has 0 aliphatic heterocycles. The van der Waals surface area contributed by atoms with Crippen molar-refractivity contribution in [2.75, 3.05) is 23.8 Å². The van der Waals surface area contributed by atoms with Gasteiger partial charge in [-0.3, -0.25) is 4.79 Å². The Morgan fingerprint density at radius 2 is 2.05 bits per heavy atom. The van der Waals surface area contributed by atoms with Gasteiger partial charge in [-0.1, -0.05) is 18.2 Å². The molecule has 0 unspecified atom stereocenters. The monoisotopic (exact) mass is 280 g/mol. The molecule has 1 heterocycles. The Balaban J connectivity index is 2.27. The first-order chi connectivity index (χ1) is 10.3. The molecule has 0 radical (unpaired) electrons. The predicted molar refractivity (Wildman–Crippen MR) is 82.1 cm³/mol. The third-order valence-electron chi connectivity index (χ3n) is 3.03. The molecule has 0 bridgehead atoms. The number of benzene rings is 1. The lowest BCUT2D eigenvalue weighted by Crippen LogP contribution is -2.32. The average molecular weight is 280 g/mol.